The number of anilines is 1. The van der Waals surface area contributed by atoms with E-state index < -0.39 is 5.66 Å². The highest BCUT2D eigenvalue weighted by atomic mass is 16.5. The highest BCUT2D eigenvalue weighted by molar-refractivity contribution is 6.02. The average Bonchev–Trinajstić information content (AvgIpc) is 2.63. The normalized spacial score (nSPS) is 18.9. The molecule has 1 N–H and O–H groups in total. The van der Waals surface area contributed by atoms with E-state index >= 15 is 0 Å². The SMILES string of the molecule is C=CCOc1ccccc1C1(C)Nc2ccccc2C(=O)N1CC=C. The molecule has 128 valence electrons. The van der Waals surface area contributed by atoms with Crippen molar-refractivity contribution in [3.8, 4) is 5.75 Å². The van der Waals surface area contributed by atoms with Gasteiger partial charge in [0, 0.05) is 17.8 Å². The average molecular weight is 334 g/mol. The van der Waals surface area contributed by atoms with Gasteiger partial charge in [-0.25, -0.2) is 0 Å². The van der Waals surface area contributed by atoms with Gasteiger partial charge in [-0.2, -0.15) is 0 Å². The van der Waals surface area contributed by atoms with E-state index in [4.69, 9.17) is 4.74 Å². The van der Waals surface area contributed by atoms with Crippen LogP contribution in [0.25, 0.3) is 0 Å². The summed E-state index contributed by atoms with van der Waals surface area (Å²) >= 11 is 0. The summed E-state index contributed by atoms with van der Waals surface area (Å²) in [6.07, 6.45) is 3.44. The van der Waals surface area contributed by atoms with Crippen molar-refractivity contribution in [2.45, 2.75) is 12.6 Å². The van der Waals surface area contributed by atoms with Gasteiger partial charge in [0.05, 0.1) is 5.56 Å². The van der Waals surface area contributed by atoms with Crippen LogP contribution in [0, 0.1) is 0 Å². The summed E-state index contributed by atoms with van der Waals surface area (Å²) < 4.78 is 5.83. The van der Waals surface area contributed by atoms with Crippen molar-refractivity contribution in [1.29, 1.82) is 0 Å². The van der Waals surface area contributed by atoms with Gasteiger partial charge < -0.3 is 15.0 Å². The highest BCUT2D eigenvalue weighted by Crippen LogP contribution is 2.41. The van der Waals surface area contributed by atoms with E-state index in [0.29, 0.717) is 18.7 Å². The van der Waals surface area contributed by atoms with Crippen molar-refractivity contribution < 1.29 is 9.53 Å². The smallest absolute Gasteiger partial charge is 0.258 e. The zero-order valence-corrected chi connectivity index (χ0v) is 14.4. The topological polar surface area (TPSA) is 41.6 Å². The van der Waals surface area contributed by atoms with Crippen LogP contribution in [-0.4, -0.2) is 24.0 Å². The van der Waals surface area contributed by atoms with Crippen LogP contribution >= 0.6 is 0 Å². The Labute approximate surface area is 148 Å². The van der Waals surface area contributed by atoms with Crippen molar-refractivity contribution in [1.82, 2.24) is 4.90 Å². The monoisotopic (exact) mass is 334 g/mol. The molecule has 0 saturated heterocycles. The van der Waals surface area contributed by atoms with E-state index in [-0.39, 0.29) is 5.91 Å². The summed E-state index contributed by atoms with van der Waals surface area (Å²) in [4.78, 5) is 14.9. The summed E-state index contributed by atoms with van der Waals surface area (Å²) in [6, 6.07) is 15.3. The predicted molar refractivity (Wildman–Crippen MR) is 101 cm³/mol. The largest absolute Gasteiger partial charge is 0.489 e. The number of hydrogen-bond donors (Lipinski definition) is 1. The van der Waals surface area contributed by atoms with Crippen LogP contribution in [0.3, 0.4) is 0 Å². The molecular formula is C21H22N2O2. The lowest BCUT2D eigenvalue weighted by atomic mass is 9.92. The van der Waals surface area contributed by atoms with Crippen molar-refractivity contribution in [3.05, 3.63) is 85.0 Å². The van der Waals surface area contributed by atoms with Gasteiger partial charge >= 0.3 is 0 Å². The third-order valence-corrected chi connectivity index (χ3v) is 4.40. The number of rotatable bonds is 6. The summed E-state index contributed by atoms with van der Waals surface area (Å²) in [6.45, 7) is 10.3. The first-order chi connectivity index (χ1) is 12.1. The molecule has 0 aromatic heterocycles. The van der Waals surface area contributed by atoms with Crippen LogP contribution in [0.4, 0.5) is 5.69 Å². The van der Waals surface area contributed by atoms with Crippen LogP contribution in [0.1, 0.15) is 22.8 Å². The first-order valence-corrected chi connectivity index (χ1v) is 8.25. The van der Waals surface area contributed by atoms with Gasteiger partial charge in [0.15, 0.2) is 0 Å². The summed E-state index contributed by atoms with van der Waals surface area (Å²) in [5.74, 6) is 0.689. The van der Waals surface area contributed by atoms with E-state index in [1.165, 1.54) is 0 Å². The minimum Gasteiger partial charge on any atom is -0.489 e. The molecule has 2 aromatic carbocycles. The number of benzene rings is 2. The zero-order valence-electron chi connectivity index (χ0n) is 14.4. The van der Waals surface area contributed by atoms with E-state index in [9.17, 15) is 4.79 Å². The van der Waals surface area contributed by atoms with Crippen LogP contribution < -0.4 is 10.1 Å². The number of nitrogens with one attached hydrogen (secondary N) is 1. The van der Waals surface area contributed by atoms with E-state index in [1.54, 1.807) is 17.1 Å². The van der Waals surface area contributed by atoms with Gasteiger partial charge in [-0.1, -0.05) is 49.1 Å². The second-order valence-electron chi connectivity index (χ2n) is 6.04. The molecular weight excluding hydrogens is 312 g/mol. The maximum Gasteiger partial charge on any atom is 0.258 e. The number of hydrogen-bond acceptors (Lipinski definition) is 3. The quantitative estimate of drug-likeness (QED) is 0.806. The first kappa shape index (κ1) is 16.8. The van der Waals surface area contributed by atoms with E-state index in [1.807, 2.05) is 55.5 Å². The molecule has 1 aliphatic rings. The molecule has 1 aliphatic heterocycles. The Kier molecular flexibility index (Phi) is 4.61. The number of ether oxygens (including phenoxy) is 1. The molecule has 2 aromatic rings. The van der Waals surface area contributed by atoms with Crippen LogP contribution in [0.15, 0.2) is 73.8 Å². The molecule has 1 unspecified atom stereocenters. The lowest BCUT2D eigenvalue weighted by Crippen LogP contribution is -2.56. The van der Waals surface area contributed by atoms with Crippen molar-refractivity contribution in [2.75, 3.05) is 18.5 Å². The maximum atomic E-state index is 13.1. The molecule has 1 atom stereocenters. The molecule has 1 amide bonds. The standard InChI is InChI=1S/C21H22N2O2/c1-4-14-23-20(24)16-10-6-8-12-18(16)22-21(23,3)17-11-7-9-13-19(17)25-15-5-2/h4-13,22H,1-2,14-15H2,3H3. The van der Waals surface area contributed by atoms with Crippen molar-refractivity contribution >= 4 is 11.6 Å². The van der Waals surface area contributed by atoms with Gasteiger partial charge in [-0.3, -0.25) is 4.79 Å². The third-order valence-electron chi connectivity index (χ3n) is 4.40. The lowest BCUT2D eigenvalue weighted by molar-refractivity contribution is 0.0567. The molecule has 25 heavy (non-hydrogen) atoms. The molecule has 0 fully saturated rings. The van der Waals surface area contributed by atoms with E-state index in [0.717, 1.165) is 17.0 Å². The zero-order chi connectivity index (χ0) is 17.9. The van der Waals surface area contributed by atoms with Crippen molar-refractivity contribution in [3.63, 3.8) is 0 Å². The molecule has 0 bridgehead atoms. The minimum absolute atomic E-state index is 0.0322. The second-order valence-corrected chi connectivity index (χ2v) is 6.04. The number of fused-ring (bicyclic) bond motifs is 1. The molecule has 0 radical (unpaired) electrons. The minimum atomic E-state index is -0.753. The number of carbonyl (C=O) groups is 1. The summed E-state index contributed by atoms with van der Waals surface area (Å²) in [5.41, 5.74) is 1.61. The predicted octanol–water partition coefficient (Wildman–Crippen LogP) is 4.18. The Hall–Kier alpha value is -3.01. The fraction of sp³-hybridized carbons (Fsp3) is 0.190. The fourth-order valence-corrected chi connectivity index (χ4v) is 3.21. The number of nitrogens with zero attached hydrogens (tertiary/aromatic N) is 1. The second kappa shape index (κ2) is 6.85. The number of para-hydroxylation sites is 2. The van der Waals surface area contributed by atoms with Gasteiger partial charge in [0.25, 0.3) is 5.91 Å². The first-order valence-electron chi connectivity index (χ1n) is 8.25. The maximum absolute atomic E-state index is 13.1. The molecule has 0 saturated carbocycles. The van der Waals surface area contributed by atoms with Crippen LogP contribution in [0.2, 0.25) is 0 Å². The Bertz CT molecular complexity index is 815. The Morgan fingerprint density at radius 3 is 2.60 bits per heavy atom. The Morgan fingerprint density at radius 2 is 1.84 bits per heavy atom. The van der Waals surface area contributed by atoms with Crippen LogP contribution in [0.5, 0.6) is 5.75 Å². The molecule has 0 aliphatic carbocycles. The molecule has 0 spiro atoms. The van der Waals surface area contributed by atoms with Gasteiger partial charge in [0.1, 0.15) is 18.0 Å². The van der Waals surface area contributed by atoms with Crippen molar-refractivity contribution in [2.24, 2.45) is 0 Å². The molecule has 4 heteroatoms. The number of carbonyl (C=O) groups excluding carboxylic acids is 1. The molecule has 4 nitrogen and oxygen atoms in total. The van der Waals surface area contributed by atoms with Gasteiger partial charge in [-0.05, 0) is 25.1 Å². The molecule has 1 heterocycles. The fourth-order valence-electron chi connectivity index (χ4n) is 3.21. The van der Waals surface area contributed by atoms with Gasteiger partial charge in [0.2, 0.25) is 0 Å². The Morgan fingerprint density at radius 1 is 1.12 bits per heavy atom. The Balaban J connectivity index is 2.14. The summed E-state index contributed by atoms with van der Waals surface area (Å²) in [5, 5.41) is 3.52. The molecule has 3 rings (SSSR count). The third kappa shape index (κ3) is 2.91. The lowest BCUT2D eigenvalue weighted by Gasteiger charge is -2.46. The summed E-state index contributed by atoms with van der Waals surface area (Å²) in [7, 11) is 0. The van der Waals surface area contributed by atoms with Crippen LogP contribution in [-0.2, 0) is 5.66 Å². The number of amides is 1. The van der Waals surface area contributed by atoms with Gasteiger partial charge in [-0.15, -0.1) is 6.58 Å². The highest BCUT2D eigenvalue weighted by Gasteiger charge is 2.43. The van der Waals surface area contributed by atoms with E-state index in [2.05, 4.69) is 18.5 Å².